The van der Waals surface area contributed by atoms with Gasteiger partial charge in [-0.05, 0) is 54.3 Å². The van der Waals surface area contributed by atoms with Crippen LogP contribution in [-0.2, 0) is 0 Å². The van der Waals surface area contributed by atoms with Gasteiger partial charge in [0.2, 0.25) is 0 Å². The van der Waals surface area contributed by atoms with Crippen molar-refractivity contribution >= 4 is 17.5 Å². The largest absolute Gasteiger partial charge is 0.349 e. The molecule has 1 aliphatic heterocycles. The molecule has 2 fully saturated rings. The Balaban J connectivity index is 1.39. The lowest BCUT2D eigenvalue weighted by Crippen LogP contribution is -2.45. The Morgan fingerprint density at radius 3 is 2.62 bits per heavy atom. The Labute approximate surface area is 145 Å². The molecule has 1 saturated carbocycles. The molecule has 2 aromatic rings. The fraction of sp³-hybridized carbons (Fsp3) is 0.500. The van der Waals surface area contributed by atoms with Gasteiger partial charge in [0.05, 0.1) is 16.3 Å². The number of rotatable bonds is 4. The molecule has 1 saturated heterocycles. The number of halogens is 1. The van der Waals surface area contributed by atoms with Crippen LogP contribution in [0.3, 0.4) is 0 Å². The van der Waals surface area contributed by atoms with Crippen molar-refractivity contribution < 1.29 is 4.79 Å². The van der Waals surface area contributed by atoms with Gasteiger partial charge in [-0.3, -0.25) is 4.79 Å². The summed E-state index contributed by atoms with van der Waals surface area (Å²) >= 11 is 6.28. The third kappa shape index (κ3) is 3.27. The average molecular weight is 347 g/mol. The van der Waals surface area contributed by atoms with E-state index in [1.165, 1.54) is 23.9 Å². The number of carbonyl (C=O) groups is 1. The first-order valence-corrected chi connectivity index (χ1v) is 8.66. The van der Waals surface area contributed by atoms with Gasteiger partial charge in [0.25, 0.3) is 5.91 Å². The quantitative estimate of drug-likeness (QED) is 0.911. The summed E-state index contributed by atoms with van der Waals surface area (Å²) < 4.78 is 1.50. The number of piperidine rings is 1. The lowest BCUT2D eigenvalue weighted by atomic mass is 10.0. The van der Waals surface area contributed by atoms with Crippen LogP contribution in [0.4, 0.5) is 0 Å². The van der Waals surface area contributed by atoms with Gasteiger partial charge >= 0.3 is 0 Å². The van der Waals surface area contributed by atoms with Gasteiger partial charge in [-0.25, -0.2) is 4.68 Å². The zero-order chi connectivity index (χ0) is 16.5. The molecule has 0 unspecified atom stereocenters. The Kier molecular flexibility index (Phi) is 4.20. The molecule has 0 radical (unpaired) electrons. The highest BCUT2D eigenvalue weighted by Crippen LogP contribution is 2.29. The van der Waals surface area contributed by atoms with E-state index in [2.05, 4.69) is 25.7 Å². The molecule has 8 heteroatoms. The van der Waals surface area contributed by atoms with E-state index in [4.69, 9.17) is 11.6 Å². The summed E-state index contributed by atoms with van der Waals surface area (Å²) in [6.07, 6.45) is 6.16. The molecule has 1 aromatic carbocycles. The molecule has 2 heterocycles. The van der Waals surface area contributed by atoms with Crippen molar-refractivity contribution in [3.63, 3.8) is 0 Å². The molecular weight excluding hydrogens is 328 g/mol. The van der Waals surface area contributed by atoms with Gasteiger partial charge in [0.15, 0.2) is 0 Å². The summed E-state index contributed by atoms with van der Waals surface area (Å²) in [5, 5.41) is 14.5. The number of aromatic nitrogens is 4. The van der Waals surface area contributed by atoms with Crippen molar-refractivity contribution in [2.75, 3.05) is 13.1 Å². The molecule has 1 amide bonds. The molecule has 0 spiro atoms. The smallest absolute Gasteiger partial charge is 0.253 e. The minimum Gasteiger partial charge on any atom is -0.349 e. The fourth-order valence-electron chi connectivity index (χ4n) is 3.22. The first-order valence-electron chi connectivity index (χ1n) is 8.28. The van der Waals surface area contributed by atoms with Gasteiger partial charge in [-0.1, -0.05) is 11.6 Å². The molecule has 7 nitrogen and oxygen atoms in total. The second-order valence-corrected chi connectivity index (χ2v) is 6.84. The molecule has 1 aliphatic carbocycles. The van der Waals surface area contributed by atoms with Gasteiger partial charge in [-0.2, -0.15) is 0 Å². The molecule has 2 aliphatic rings. The van der Waals surface area contributed by atoms with Crippen LogP contribution in [0.2, 0.25) is 5.02 Å². The fourth-order valence-corrected chi connectivity index (χ4v) is 3.48. The molecule has 0 bridgehead atoms. The summed E-state index contributed by atoms with van der Waals surface area (Å²) in [6.45, 7) is 2.14. The third-order valence-electron chi connectivity index (χ3n) is 4.74. The monoisotopic (exact) mass is 346 g/mol. The van der Waals surface area contributed by atoms with Crippen LogP contribution >= 0.6 is 11.6 Å². The van der Waals surface area contributed by atoms with Crippen LogP contribution in [0.1, 0.15) is 36.0 Å². The summed E-state index contributed by atoms with van der Waals surface area (Å²) in [6, 6.07) is 6.22. The Morgan fingerprint density at radius 2 is 2.00 bits per heavy atom. The van der Waals surface area contributed by atoms with E-state index in [9.17, 15) is 4.79 Å². The van der Waals surface area contributed by atoms with Crippen molar-refractivity contribution in [3.8, 4) is 5.69 Å². The molecule has 1 aromatic heterocycles. The lowest BCUT2D eigenvalue weighted by Gasteiger charge is -2.32. The van der Waals surface area contributed by atoms with E-state index in [1.54, 1.807) is 18.2 Å². The number of amides is 1. The molecule has 126 valence electrons. The zero-order valence-electron chi connectivity index (χ0n) is 13.2. The minimum absolute atomic E-state index is 0.117. The topological polar surface area (TPSA) is 75.9 Å². The van der Waals surface area contributed by atoms with E-state index >= 15 is 0 Å². The van der Waals surface area contributed by atoms with Gasteiger partial charge < -0.3 is 10.2 Å². The number of nitrogens with one attached hydrogen (secondary N) is 1. The van der Waals surface area contributed by atoms with E-state index in [0.29, 0.717) is 10.6 Å². The third-order valence-corrected chi connectivity index (χ3v) is 5.05. The minimum atomic E-state index is -0.117. The van der Waals surface area contributed by atoms with Crippen molar-refractivity contribution in [3.05, 3.63) is 35.1 Å². The van der Waals surface area contributed by atoms with Crippen LogP contribution in [0.25, 0.3) is 5.69 Å². The van der Waals surface area contributed by atoms with Crippen molar-refractivity contribution in [2.45, 2.75) is 37.8 Å². The van der Waals surface area contributed by atoms with Crippen molar-refractivity contribution in [2.24, 2.45) is 0 Å². The van der Waals surface area contributed by atoms with E-state index < -0.39 is 0 Å². The van der Waals surface area contributed by atoms with E-state index in [0.717, 1.165) is 37.7 Å². The first kappa shape index (κ1) is 15.5. The number of carbonyl (C=O) groups excluding carboxylic acids is 1. The normalized spacial score (nSPS) is 19.4. The first-order chi connectivity index (χ1) is 11.7. The van der Waals surface area contributed by atoms with Crippen LogP contribution in [0.15, 0.2) is 24.5 Å². The highest BCUT2D eigenvalue weighted by atomic mass is 35.5. The maximum atomic E-state index is 12.5. The Hall–Kier alpha value is -1.99. The molecule has 4 rings (SSSR count). The van der Waals surface area contributed by atoms with Crippen molar-refractivity contribution in [1.82, 2.24) is 30.4 Å². The number of benzene rings is 1. The number of nitrogens with zero attached hydrogens (tertiary/aromatic N) is 5. The van der Waals surface area contributed by atoms with E-state index in [1.807, 2.05) is 0 Å². The predicted octanol–water partition coefficient (Wildman–Crippen LogP) is 1.67. The number of likely N-dealkylation sites (tertiary alicyclic amines) is 1. The standard InChI is InChI=1S/C16H19ClN6O/c17-15-9-13(23-10-18-20-21-23)3-4-14(15)16(24)19-11-5-7-22(8-6-11)12-1-2-12/h3-4,9-12H,1-2,5-8H2,(H,19,24). The molecule has 24 heavy (non-hydrogen) atoms. The van der Waals surface area contributed by atoms with Crippen LogP contribution in [-0.4, -0.2) is 56.2 Å². The van der Waals surface area contributed by atoms with Crippen LogP contribution < -0.4 is 5.32 Å². The van der Waals surface area contributed by atoms with E-state index in [-0.39, 0.29) is 11.9 Å². The molecule has 1 N–H and O–H groups in total. The lowest BCUT2D eigenvalue weighted by molar-refractivity contribution is 0.0909. The second-order valence-electron chi connectivity index (χ2n) is 6.43. The Morgan fingerprint density at radius 1 is 1.21 bits per heavy atom. The van der Waals surface area contributed by atoms with Gasteiger partial charge in [-0.15, -0.1) is 5.10 Å². The maximum Gasteiger partial charge on any atom is 0.253 e. The van der Waals surface area contributed by atoms with Gasteiger partial charge in [0, 0.05) is 25.2 Å². The highest BCUT2D eigenvalue weighted by molar-refractivity contribution is 6.34. The zero-order valence-corrected chi connectivity index (χ0v) is 14.0. The maximum absolute atomic E-state index is 12.5. The number of hydrogen-bond donors (Lipinski definition) is 1. The summed E-state index contributed by atoms with van der Waals surface area (Å²) in [7, 11) is 0. The Bertz CT molecular complexity index is 722. The number of hydrogen-bond acceptors (Lipinski definition) is 5. The highest BCUT2D eigenvalue weighted by Gasteiger charge is 2.32. The molecule has 0 atom stereocenters. The van der Waals surface area contributed by atoms with Crippen molar-refractivity contribution in [1.29, 1.82) is 0 Å². The predicted molar refractivity (Wildman–Crippen MR) is 89.2 cm³/mol. The van der Waals surface area contributed by atoms with Crippen LogP contribution in [0.5, 0.6) is 0 Å². The second kappa shape index (κ2) is 6.49. The molecular formula is C16H19ClN6O. The average Bonchev–Trinajstić information content (AvgIpc) is 3.29. The van der Waals surface area contributed by atoms with Crippen LogP contribution in [0, 0.1) is 0 Å². The number of tetrazole rings is 1. The SMILES string of the molecule is O=C(NC1CCN(C2CC2)CC1)c1ccc(-n2cnnn2)cc1Cl. The summed E-state index contributed by atoms with van der Waals surface area (Å²) in [5.41, 5.74) is 1.21. The van der Waals surface area contributed by atoms with Gasteiger partial charge in [0.1, 0.15) is 6.33 Å². The summed E-state index contributed by atoms with van der Waals surface area (Å²) in [5.74, 6) is -0.117. The summed E-state index contributed by atoms with van der Waals surface area (Å²) in [4.78, 5) is 15.0.